The Bertz CT molecular complexity index is 1100. The number of halogens is 1. The normalized spacial score (nSPS) is 11.1. The first kappa shape index (κ1) is 18.0. The first-order valence-corrected chi connectivity index (χ1v) is 10.2. The van der Waals surface area contributed by atoms with Crippen LogP contribution in [0.1, 0.15) is 18.1 Å². The second kappa shape index (κ2) is 7.29. The lowest BCUT2D eigenvalue weighted by molar-refractivity contribution is 0.990. The zero-order valence-corrected chi connectivity index (χ0v) is 17.1. The third-order valence-electron chi connectivity index (χ3n) is 4.63. The maximum Gasteiger partial charge on any atom is 0.225 e. The van der Waals surface area contributed by atoms with E-state index < -0.39 is 0 Å². The third-order valence-corrected chi connectivity index (χ3v) is 5.68. The predicted molar refractivity (Wildman–Crippen MR) is 116 cm³/mol. The minimum Gasteiger partial charge on any atom is -0.326 e. The molecule has 0 radical (unpaired) electrons. The summed E-state index contributed by atoms with van der Waals surface area (Å²) in [6, 6.07) is 17.0. The number of anilines is 2. The molecule has 0 aliphatic rings. The molecule has 27 heavy (non-hydrogen) atoms. The molecule has 0 aliphatic carbocycles. The van der Waals surface area contributed by atoms with Crippen molar-refractivity contribution in [3.8, 4) is 11.1 Å². The molecule has 0 spiro atoms. The molecule has 0 amide bonds. The topological polar surface area (TPSA) is 29.0 Å². The highest BCUT2D eigenvalue weighted by Crippen LogP contribution is 2.40. The van der Waals surface area contributed by atoms with Crippen LogP contribution in [0.2, 0.25) is 5.28 Å². The number of thiophene rings is 1. The second-order valence-electron chi connectivity index (χ2n) is 6.60. The molecule has 136 valence electrons. The summed E-state index contributed by atoms with van der Waals surface area (Å²) in [6.45, 7) is 7.11. The average molecular weight is 394 g/mol. The molecule has 5 heteroatoms. The minimum absolute atomic E-state index is 0.279. The van der Waals surface area contributed by atoms with Crippen molar-refractivity contribution >= 4 is 44.7 Å². The molecule has 4 rings (SSSR count). The van der Waals surface area contributed by atoms with Gasteiger partial charge in [0.1, 0.15) is 10.6 Å². The Morgan fingerprint density at radius 3 is 2.48 bits per heavy atom. The Balaban J connectivity index is 1.96. The van der Waals surface area contributed by atoms with Crippen molar-refractivity contribution in [2.45, 2.75) is 20.8 Å². The van der Waals surface area contributed by atoms with Crippen LogP contribution in [0.15, 0.2) is 53.9 Å². The van der Waals surface area contributed by atoms with E-state index in [9.17, 15) is 0 Å². The summed E-state index contributed by atoms with van der Waals surface area (Å²) >= 11 is 7.88. The Labute approximate surface area is 168 Å². The minimum atomic E-state index is 0.279. The van der Waals surface area contributed by atoms with Crippen LogP contribution in [0.3, 0.4) is 0 Å². The standard InChI is InChI=1S/C22H20ClN3S/c1-4-26(17-7-5-6-15(3)12-17)20-19-18(16-10-8-14(2)9-11-16)13-27-21(19)25-22(23)24-20/h5-13H,4H2,1-3H3. The van der Waals surface area contributed by atoms with Crippen molar-refractivity contribution in [2.24, 2.45) is 0 Å². The molecule has 0 saturated carbocycles. The Kier molecular flexibility index (Phi) is 4.85. The van der Waals surface area contributed by atoms with Gasteiger partial charge in [-0.1, -0.05) is 42.0 Å². The van der Waals surface area contributed by atoms with Gasteiger partial charge in [0.25, 0.3) is 0 Å². The van der Waals surface area contributed by atoms with Crippen molar-refractivity contribution in [2.75, 3.05) is 11.4 Å². The van der Waals surface area contributed by atoms with E-state index in [1.165, 1.54) is 16.7 Å². The van der Waals surface area contributed by atoms with Crippen molar-refractivity contribution in [1.82, 2.24) is 9.97 Å². The van der Waals surface area contributed by atoms with Crippen LogP contribution in [0.5, 0.6) is 0 Å². The number of rotatable bonds is 4. The first-order valence-electron chi connectivity index (χ1n) is 8.93. The van der Waals surface area contributed by atoms with Crippen molar-refractivity contribution in [1.29, 1.82) is 0 Å². The van der Waals surface area contributed by atoms with Gasteiger partial charge in [-0.2, -0.15) is 4.98 Å². The Morgan fingerprint density at radius 2 is 1.78 bits per heavy atom. The van der Waals surface area contributed by atoms with Gasteiger partial charge in [0, 0.05) is 23.2 Å². The molecule has 0 bridgehead atoms. The van der Waals surface area contributed by atoms with Gasteiger partial charge in [-0.15, -0.1) is 11.3 Å². The highest BCUT2D eigenvalue weighted by Gasteiger charge is 2.20. The molecule has 0 saturated heterocycles. The first-order chi connectivity index (χ1) is 13.1. The van der Waals surface area contributed by atoms with Crippen molar-refractivity contribution in [3.05, 3.63) is 70.3 Å². The van der Waals surface area contributed by atoms with Crippen molar-refractivity contribution < 1.29 is 0 Å². The van der Waals surface area contributed by atoms with Crippen molar-refractivity contribution in [3.63, 3.8) is 0 Å². The summed E-state index contributed by atoms with van der Waals surface area (Å²) in [5.41, 5.74) is 5.88. The van der Waals surface area contributed by atoms with Crippen LogP contribution in [0.25, 0.3) is 21.3 Å². The van der Waals surface area contributed by atoms with E-state index in [2.05, 4.69) is 89.6 Å². The fourth-order valence-corrected chi connectivity index (χ4v) is 4.45. The fraction of sp³-hybridized carbons (Fsp3) is 0.182. The lowest BCUT2D eigenvalue weighted by atomic mass is 10.0. The molecule has 0 unspecified atom stereocenters. The molecule has 0 N–H and O–H groups in total. The van der Waals surface area contributed by atoms with Gasteiger partial charge in [-0.25, -0.2) is 4.98 Å². The Hall–Kier alpha value is -2.43. The maximum atomic E-state index is 6.28. The van der Waals surface area contributed by atoms with Crippen LogP contribution >= 0.6 is 22.9 Å². The van der Waals surface area contributed by atoms with Crippen LogP contribution in [0.4, 0.5) is 11.5 Å². The van der Waals surface area contributed by atoms with Gasteiger partial charge in [-0.3, -0.25) is 0 Å². The molecule has 0 atom stereocenters. The molecule has 0 fully saturated rings. The van der Waals surface area contributed by atoms with Crippen LogP contribution < -0.4 is 4.90 Å². The highest BCUT2D eigenvalue weighted by molar-refractivity contribution is 7.17. The molecular weight excluding hydrogens is 374 g/mol. The fourth-order valence-electron chi connectivity index (χ4n) is 3.29. The van der Waals surface area contributed by atoms with Gasteiger partial charge in [-0.05, 0) is 55.6 Å². The van der Waals surface area contributed by atoms with Gasteiger partial charge in [0.2, 0.25) is 5.28 Å². The molecular formula is C22H20ClN3S. The molecule has 2 aromatic heterocycles. The largest absolute Gasteiger partial charge is 0.326 e. The van der Waals surface area contributed by atoms with E-state index in [0.717, 1.165) is 33.8 Å². The maximum absolute atomic E-state index is 6.28. The van der Waals surface area contributed by atoms with Gasteiger partial charge >= 0.3 is 0 Å². The quantitative estimate of drug-likeness (QED) is 0.357. The Morgan fingerprint density at radius 1 is 1.00 bits per heavy atom. The zero-order valence-electron chi connectivity index (χ0n) is 15.5. The van der Waals surface area contributed by atoms with Crippen LogP contribution in [-0.2, 0) is 0 Å². The van der Waals surface area contributed by atoms with Gasteiger partial charge in [0.05, 0.1) is 5.39 Å². The summed E-state index contributed by atoms with van der Waals surface area (Å²) < 4.78 is 0. The summed E-state index contributed by atoms with van der Waals surface area (Å²) in [5.74, 6) is 0.856. The highest BCUT2D eigenvalue weighted by atomic mass is 35.5. The van der Waals surface area contributed by atoms with Crippen LogP contribution in [-0.4, -0.2) is 16.5 Å². The SMILES string of the molecule is CCN(c1cccc(C)c1)c1nc(Cl)nc2scc(-c3ccc(C)cc3)c12. The molecule has 2 heterocycles. The number of aryl methyl sites for hydroxylation is 2. The zero-order chi connectivity index (χ0) is 19.0. The second-order valence-corrected chi connectivity index (χ2v) is 7.79. The summed E-state index contributed by atoms with van der Waals surface area (Å²) in [7, 11) is 0. The number of aromatic nitrogens is 2. The third kappa shape index (κ3) is 3.43. The number of fused-ring (bicyclic) bond motifs is 1. The number of hydrogen-bond donors (Lipinski definition) is 0. The molecule has 2 aromatic carbocycles. The number of benzene rings is 2. The lowest BCUT2D eigenvalue weighted by Crippen LogP contribution is -2.18. The monoisotopic (exact) mass is 393 g/mol. The molecule has 3 nitrogen and oxygen atoms in total. The van der Waals surface area contributed by atoms with E-state index in [-0.39, 0.29) is 5.28 Å². The van der Waals surface area contributed by atoms with Crippen LogP contribution in [0, 0.1) is 13.8 Å². The smallest absolute Gasteiger partial charge is 0.225 e. The van der Waals surface area contributed by atoms with E-state index in [4.69, 9.17) is 11.6 Å². The predicted octanol–water partition coefficient (Wildman–Crippen LogP) is 6.79. The lowest BCUT2D eigenvalue weighted by Gasteiger charge is -2.24. The average Bonchev–Trinajstić information content (AvgIpc) is 3.07. The van der Waals surface area contributed by atoms with E-state index >= 15 is 0 Å². The van der Waals surface area contributed by atoms with Gasteiger partial charge in [0.15, 0.2) is 0 Å². The van der Waals surface area contributed by atoms with E-state index in [1.54, 1.807) is 11.3 Å². The molecule has 0 aliphatic heterocycles. The van der Waals surface area contributed by atoms with E-state index in [0.29, 0.717) is 0 Å². The van der Waals surface area contributed by atoms with E-state index in [1.807, 2.05) is 0 Å². The summed E-state index contributed by atoms with van der Waals surface area (Å²) in [5, 5.41) is 3.48. The molecule has 4 aromatic rings. The summed E-state index contributed by atoms with van der Waals surface area (Å²) in [6.07, 6.45) is 0. The number of hydrogen-bond acceptors (Lipinski definition) is 4. The number of nitrogens with zero attached hydrogens (tertiary/aromatic N) is 3. The van der Waals surface area contributed by atoms with Gasteiger partial charge < -0.3 is 4.90 Å². The summed E-state index contributed by atoms with van der Waals surface area (Å²) in [4.78, 5) is 12.2.